The second-order valence-corrected chi connectivity index (χ2v) is 7.65. The quantitative estimate of drug-likeness (QED) is 0.537. The van der Waals surface area contributed by atoms with Gasteiger partial charge in [0, 0.05) is 12.1 Å². The van der Waals surface area contributed by atoms with Gasteiger partial charge in [-0.15, -0.1) is 0 Å². The molecule has 1 rings (SSSR count). The van der Waals surface area contributed by atoms with Crippen LogP contribution < -0.4 is 4.89 Å². The molecule has 84 valence electrons. The van der Waals surface area contributed by atoms with Crippen LogP contribution in [0.1, 0.15) is 0 Å². The monoisotopic (exact) mass is 270 g/mol. The van der Waals surface area contributed by atoms with Crippen molar-refractivity contribution in [2.75, 3.05) is 0 Å². The molecule has 0 heterocycles. The Morgan fingerprint density at radius 3 is 2.20 bits per heavy atom. The van der Waals surface area contributed by atoms with Gasteiger partial charge in [0.2, 0.25) is 4.90 Å². The highest BCUT2D eigenvalue weighted by molar-refractivity contribution is 8.17. The van der Waals surface area contributed by atoms with E-state index in [9.17, 15) is 19.2 Å². The Labute approximate surface area is 89.6 Å². The number of hydrogen-bond acceptors (Lipinski definition) is 3. The van der Waals surface area contributed by atoms with E-state index in [0.29, 0.717) is 15.8 Å². The van der Waals surface area contributed by atoms with Crippen LogP contribution in [0.2, 0.25) is 0 Å². The van der Waals surface area contributed by atoms with Crippen LogP contribution in [-0.2, 0) is 19.8 Å². The highest BCUT2D eigenvalue weighted by Gasteiger charge is 2.31. The van der Waals surface area contributed by atoms with E-state index in [-0.39, 0.29) is 0 Å². The first kappa shape index (κ1) is 13.0. The molecule has 15 heavy (non-hydrogen) atoms. The first-order valence-electron chi connectivity index (χ1n) is 3.63. The Kier molecular flexibility index (Phi) is 4.17. The highest BCUT2D eigenvalue weighted by atomic mass is 32.5. The second kappa shape index (κ2) is 4.82. The molecule has 0 saturated carbocycles. The molecule has 0 amide bonds. The van der Waals surface area contributed by atoms with Crippen LogP contribution >= 0.6 is 14.5 Å². The summed E-state index contributed by atoms with van der Waals surface area (Å²) in [6.07, 6.45) is 0. The molecule has 0 aliphatic carbocycles. The first-order valence-corrected chi connectivity index (χ1v) is 8.16. The molecule has 0 bridgehead atoms. The van der Waals surface area contributed by atoms with Crippen molar-refractivity contribution in [2.24, 2.45) is 0 Å². The van der Waals surface area contributed by atoms with Crippen molar-refractivity contribution in [2.45, 2.75) is 4.90 Å². The van der Waals surface area contributed by atoms with E-state index in [1.807, 2.05) is 0 Å². The SMILES string of the molecule is O=P([O-])(O)OP(O)(O)=[S+]c1ccccc1. The average Bonchev–Trinajstić information content (AvgIpc) is 1.99. The van der Waals surface area contributed by atoms with Crippen molar-refractivity contribution >= 4 is 25.5 Å². The lowest BCUT2D eigenvalue weighted by Gasteiger charge is -2.13. The van der Waals surface area contributed by atoms with Crippen LogP contribution in [0.25, 0.3) is 0 Å². The fourth-order valence-corrected chi connectivity index (χ4v) is 4.78. The molecular weight excluding hydrogens is 262 g/mol. The van der Waals surface area contributed by atoms with Crippen LogP contribution in [0.5, 0.6) is 0 Å². The van der Waals surface area contributed by atoms with Gasteiger partial charge in [0.05, 0.1) is 0 Å². The lowest BCUT2D eigenvalue weighted by Crippen LogP contribution is -2.02. The Bertz CT molecular complexity index is 421. The van der Waals surface area contributed by atoms with Gasteiger partial charge >= 0.3 is 6.72 Å². The summed E-state index contributed by atoms with van der Waals surface area (Å²) in [4.78, 5) is 37.4. The number of benzene rings is 1. The summed E-state index contributed by atoms with van der Waals surface area (Å²) < 4.78 is 14.1. The fraction of sp³-hybridized carbons (Fsp3) is 0. The lowest BCUT2D eigenvalue weighted by molar-refractivity contribution is -0.211. The maximum Gasteiger partial charge on any atom is 0.531 e. The van der Waals surface area contributed by atoms with Gasteiger partial charge in [-0.1, -0.05) is 18.2 Å². The summed E-state index contributed by atoms with van der Waals surface area (Å²) in [6, 6.07) is 8.07. The van der Waals surface area contributed by atoms with E-state index in [0.717, 1.165) is 0 Å². The summed E-state index contributed by atoms with van der Waals surface area (Å²) in [7, 11) is -4.71. The molecule has 0 radical (unpaired) electrons. The summed E-state index contributed by atoms with van der Waals surface area (Å²) in [6.45, 7) is -4.19. The standard InChI is InChI=1S/C6H8O6P2S/c7-13(8,9)12-14(10,11)15-6-4-2-1-3-5-6/h1-5H,(H3-,7,8,9,10,11). The summed E-state index contributed by atoms with van der Waals surface area (Å²) in [5.74, 6) is 0. The average molecular weight is 270 g/mol. The molecule has 0 aliphatic heterocycles. The Hall–Kier alpha value is -0.100. The van der Waals surface area contributed by atoms with Crippen molar-refractivity contribution in [3.05, 3.63) is 30.3 Å². The third-order valence-corrected chi connectivity index (χ3v) is 5.52. The van der Waals surface area contributed by atoms with Gasteiger partial charge in [-0.3, -0.25) is 14.4 Å². The minimum Gasteiger partial charge on any atom is -0.756 e. The van der Waals surface area contributed by atoms with Gasteiger partial charge in [-0.25, -0.2) is 4.31 Å². The molecule has 6 nitrogen and oxygen atoms in total. The molecule has 3 N–H and O–H groups in total. The van der Waals surface area contributed by atoms with Gasteiger partial charge in [0.25, 0.3) is 18.8 Å². The number of hydrogen-bond donors (Lipinski definition) is 3. The molecule has 0 aromatic heterocycles. The zero-order valence-electron chi connectivity index (χ0n) is 7.26. The zero-order chi connectivity index (χ0) is 11.5. The molecule has 1 atom stereocenters. The van der Waals surface area contributed by atoms with Crippen LogP contribution in [0.3, 0.4) is 0 Å². The smallest absolute Gasteiger partial charge is 0.531 e. The van der Waals surface area contributed by atoms with Gasteiger partial charge in [-0.05, 0) is 0 Å². The minimum absolute atomic E-state index is 0.421. The number of phosphoric acid groups is 1. The van der Waals surface area contributed by atoms with E-state index in [4.69, 9.17) is 4.89 Å². The molecule has 0 spiro atoms. The zero-order valence-corrected chi connectivity index (χ0v) is 9.86. The molecule has 0 aliphatic rings. The maximum atomic E-state index is 10.3. The third kappa shape index (κ3) is 5.51. The van der Waals surface area contributed by atoms with Crippen molar-refractivity contribution in [3.8, 4) is 0 Å². The van der Waals surface area contributed by atoms with Gasteiger partial charge < -0.3 is 9.79 Å². The van der Waals surface area contributed by atoms with Crippen molar-refractivity contribution < 1.29 is 28.4 Å². The predicted molar refractivity (Wildman–Crippen MR) is 54.3 cm³/mol. The summed E-state index contributed by atoms with van der Waals surface area (Å²) >= 11 is 0. The van der Waals surface area contributed by atoms with E-state index in [1.54, 1.807) is 30.3 Å². The molecular formula is C6H8O6P2S. The van der Waals surface area contributed by atoms with Crippen molar-refractivity contribution in [1.82, 2.24) is 0 Å². The summed E-state index contributed by atoms with van der Waals surface area (Å²) in [5.41, 5.74) is 0. The molecule has 9 heteroatoms. The topological polar surface area (TPSA) is 110 Å². The Morgan fingerprint density at radius 1 is 1.20 bits per heavy atom. The Balaban J connectivity index is 2.96. The number of rotatable bonds is 3. The minimum atomic E-state index is -5.15. The van der Waals surface area contributed by atoms with Crippen molar-refractivity contribution in [1.29, 1.82) is 0 Å². The fourth-order valence-electron chi connectivity index (χ4n) is 0.770. The first-order chi connectivity index (χ1) is 6.79. The lowest BCUT2D eigenvalue weighted by atomic mass is 10.4. The van der Waals surface area contributed by atoms with E-state index in [2.05, 4.69) is 4.31 Å². The predicted octanol–water partition coefficient (Wildman–Crippen LogP) is 0.268. The maximum absolute atomic E-state index is 10.3. The molecule has 1 aromatic carbocycles. The van der Waals surface area contributed by atoms with Gasteiger partial charge in [0.1, 0.15) is 0 Å². The van der Waals surface area contributed by atoms with Gasteiger partial charge in [-0.2, -0.15) is 0 Å². The Morgan fingerprint density at radius 2 is 1.73 bits per heavy atom. The second-order valence-electron chi connectivity index (χ2n) is 2.45. The van der Waals surface area contributed by atoms with Crippen molar-refractivity contribution in [3.63, 3.8) is 0 Å². The van der Waals surface area contributed by atoms with E-state index >= 15 is 0 Å². The van der Waals surface area contributed by atoms with E-state index in [1.165, 1.54) is 0 Å². The molecule has 0 fully saturated rings. The molecule has 0 saturated heterocycles. The van der Waals surface area contributed by atoms with Crippen LogP contribution in [0, 0.1) is 0 Å². The largest absolute Gasteiger partial charge is 0.756 e. The van der Waals surface area contributed by atoms with E-state index < -0.39 is 14.5 Å². The van der Waals surface area contributed by atoms with Crippen LogP contribution in [0.4, 0.5) is 0 Å². The third-order valence-electron chi connectivity index (χ3n) is 1.18. The highest BCUT2D eigenvalue weighted by Crippen LogP contribution is 2.53. The molecule has 1 aromatic rings. The normalized spacial score (nSPS) is 15.7. The van der Waals surface area contributed by atoms with Crippen LogP contribution in [0.15, 0.2) is 35.2 Å². The molecule has 1 unspecified atom stereocenters. The van der Waals surface area contributed by atoms with Crippen LogP contribution in [-0.4, -0.2) is 14.7 Å². The summed E-state index contributed by atoms with van der Waals surface area (Å²) in [5, 5.41) is 0. The van der Waals surface area contributed by atoms with Gasteiger partial charge in [0.15, 0.2) is 0 Å².